The number of rotatable bonds is 7. The molecule has 0 aliphatic heterocycles. The molecule has 0 bridgehead atoms. The molecule has 3 rings (SSSR count). The van der Waals surface area contributed by atoms with Gasteiger partial charge < -0.3 is 0 Å². The van der Waals surface area contributed by atoms with Crippen LogP contribution < -0.4 is 4.31 Å². The highest BCUT2D eigenvalue weighted by Crippen LogP contribution is 2.26. The molecule has 0 fully saturated rings. The maximum atomic E-state index is 13.4. The third-order valence-electron chi connectivity index (χ3n) is 4.75. The van der Waals surface area contributed by atoms with Crippen molar-refractivity contribution in [1.82, 2.24) is 4.98 Å². The molecule has 0 unspecified atom stereocenters. The zero-order valence-corrected chi connectivity index (χ0v) is 17.4. The van der Waals surface area contributed by atoms with Gasteiger partial charge in [-0.1, -0.05) is 49.7 Å². The van der Waals surface area contributed by atoms with Crippen LogP contribution in [0.5, 0.6) is 0 Å². The van der Waals surface area contributed by atoms with E-state index in [0.717, 1.165) is 11.3 Å². The molecule has 0 aliphatic carbocycles. The fraction of sp³-hybridized carbons (Fsp3) is 0.261. The van der Waals surface area contributed by atoms with Crippen LogP contribution in [-0.4, -0.2) is 19.9 Å². The van der Waals surface area contributed by atoms with Crippen molar-refractivity contribution in [1.29, 1.82) is 0 Å². The third-order valence-corrected chi connectivity index (χ3v) is 6.60. The largest absolute Gasteiger partial charge is 0.266 e. The van der Waals surface area contributed by atoms with Crippen LogP contribution >= 0.6 is 0 Å². The van der Waals surface area contributed by atoms with Gasteiger partial charge >= 0.3 is 0 Å². The highest BCUT2D eigenvalue weighted by molar-refractivity contribution is 7.92. The lowest BCUT2D eigenvalue weighted by Crippen LogP contribution is -2.33. The first-order valence-electron chi connectivity index (χ1n) is 9.47. The first-order valence-corrected chi connectivity index (χ1v) is 10.9. The van der Waals surface area contributed by atoms with E-state index in [1.807, 2.05) is 61.5 Å². The van der Waals surface area contributed by atoms with Crippen LogP contribution in [0.2, 0.25) is 0 Å². The molecule has 0 aliphatic rings. The van der Waals surface area contributed by atoms with Gasteiger partial charge in [-0.15, -0.1) is 0 Å². The zero-order chi connectivity index (χ0) is 20.1. The Morgan fingerprint density at radius 2 is 1.61 bits per heavy atom. The minimum atomic E-state index is -3.67. The average molecular weight is 395 g/mol. The Morgan fingerprint density at radius 3 is 2.18 bits per heavy atom. The van der Waals surface area contributed by atoms with E-state index in [0.29, 0.717) is 29.5 Å². The molecule has 4 nitrogen and oxygen atoms in total. The molecule has 0 atom stereocenters. The molecule has 0 saturated carbocycles. The fourth-order valence-electron chi connectivity index (χ4n) is 3.01. The summed E-state index contributed by atoms with van der Waals surface area (Å²) >= 11 is 0. The van der Waals surface area contributed by atoms with Crippen LogP contribution in [0.4, 0.5) is 5.69 Å². The molecule has 2 aromatic carbocycles. The number of anilines is 1. The normalized spacial score (nSPS) is 11.6. The van der Waals surface area contributed by atoms with Crippen molar-refractivity contribution in [2.24, 2.45) is 0 Å². The highest BCUT2D eigenvalue weighted by Gasteiger charge is 2.25. The van der Waals surface area contributed by atoms with Gasteiger partial charge in [0.1, 0.15) is 0 Å². The Balaban J connectivity index is 1.96. The number of aryl methyl sites for hydroxylation is 1. The summed E-state index contributed by atoms with van der Waals surface area (Å²) in [5.41, 5.74) is 3.74. The van der Waals surface area contributed by atoms with Gasteiger partial charge in [-0.3, -0.25) is 9.29 Å². The quantitative estimate of drug-likeness (QED) is 0.570. The minimum absolute atomic E-state index is 0.298. The van der Waals surface area contributed by atoms with Crippen molar-refractivity contribution in [2.75, 3.05) is 10.8 Å². The molecule has 5 heteroatoms. The molecule has 0 N–H and O–H groups in total. The summed E-state index contributed by atoms with van der Waals surface area (Å²) < 4.78 is 28.3. The second-order valence-corrected chi connectivity index (χ2v) is 9.07. The van der Waals surface area contributed by atoms with Crippen molar-refractivity contribution in [3.8, 4) is 0 Å². The Labute approximate surface area is 167 Å². The van der Waals surface area contributed by atoms with Crippen LogP contribution in [0, 0.1) is 6.92 Å². The Hall–Kier alpha value is -2.66. The maximum Gasteiger partial charge on any atom is 0.264 e. The van der Waals surface area contributed by atoms with E-state index >= 15 is 0 Å². The number of pyridine rings is 1. The van der Waals surface area contributed by atoms with Gasteiger partial charge in [0.25, 0.3) is 10.0 Å². The van der Waals surface area contributed by atoms with E-state index in [-0.39, 0.29) is 0 Å². The topological polar surface area (TPSA) is 50.3 Å². The lowest BCUT2D eigenvalue weighted by Gasteiger charge is -2.25. The van der Waals surface area contributed by atoms with E-state index in [9.17, 15) is 8.42 Å². The van der Waals surface area contributed by atoms with Gasteiger partial charge in [0.2, 0.25) is 0 Å². The molecule has 0 radical (unpaired) electrons. The Bertz CT molecular complexity index is 997. The number of hydrogen-bond donors (Lipinski definition) is 0. The summed E-state index contributed by atoms with van der Waals surface area (Å²) in [5.74, 6) is 0.393. The first-order chi connectivity index (χ1) is 13.4. The van der Waals surface area contributed by atoms with Crippen molar-refractivity contribution in [3.05, 3.63) is 89.7 Å². The predicted octanol–water partition coefficient (Wildman–Crippen LogP) is 4.95. The fourth-order valence-corrected chi connectivity index (χ4v) is 4.48. The van der Waals surface area contributed by atoms with Gasteiger partial charge in [0.05, 0.1) is 10.6 Å². The second-order valence-electron chi connectivity index (χ2n) is 7.21. The summed E-state index contributed by atoms with van der Waals surface area (Å²) in [6.45, 7) is 6.52. The second kappa shape index (κ2) is 8.57. The number of hydrogen-bond acceptors (Lipinski definition) is 3. The minimum Gasteiger partial charge on any atom is -0.266 e. The van der Waals surface area contributed by atoms with Gasteiger partial charge in [-0.25, -0.2) is 8.42 Å². The molecular weight excluding hydrogens is 368 g/mol. The maximum absolute atomic E-state index is 13.4. The van der Waals surface area contributed by atoms with Gasteiger partial charge in [0, 0.05) is 24.9 Å². The number of benzene rings is 2. The predicted molar refractivity (Wildman–Crippen MR) is 114 cm³/mol. The van der Waals surface area contributed by atoms with E-state index in [4.69, 9.17) is 0 Å². The van der Waals surface area contributed by atoms with Crippen molar-refractivity contribution >= 4 is 15.7 Å². The van der Waals surface area contributed by atoms with E-state index in [1.165, 1.54) is 9.87 Å². The Morgan fingerprint density at radius 1 is 0.929 bits per heavy atom. The lowest BCUT2D eigenvalue weighted by atomic mass is 10.0. The molecule has 28 heavy (non-hydrogen) atoms. The molecule has 0 spiro atoms. The molecule has 146 valence electrons. The van der Waals surface area contributed by atoms with Crippen LogP contribution in [0.25, 0.3) is 0 Å². The number of nitrogens with zero attached hydrogens (tertiary/aromatic N) is 2. The highest BCUT2D eigenvalue weighted by atomic mass is 32.2. The summed E-state index contributed by atoms with van der Waals surface area (Å²) in [7, 11) is -3.67. The van der Waals surface area contributed by atoms with Gasteiger partial charge in [-0.05, 0) is 54.8 Å². The van der Waals surface area contributed by atoms with Crippen LogP contribution in [0.15, 0.2) is 77.8 Å². The van der Waals surface area contributed by atoms with Crippen molar-refractivity contribution < 1.29 is 8.42 Å². The summed E-state index contributed by atoms with van der Waals surface area (Å²) in [6, 6.07) is 20.4. The van der Waals surface area contributed by atoms with Gasteiger partial charge in [-0.2, -0.15) is 0 Å². The van der Waals surface area contributed by atoms with E-state index < -0.39 is 10.0 Å². The first kappa shape index (κ1) is 20.1. The molecule has 1 heterocycles. The monoisotopic (exact) mass is 394 g/mol. The Kier molecular flexibility index (Phi) is 6.15. The summed E-state index contributed by atoms with van der Waals surface area (Å²) in [4.78, 5) is 4.62. The molecular formula is C23H26N2O2S. The molecule has 3 aromatic rings. The van der Waals surface area contributed by atoms with Crippen LogP contribution in [0.3, 0.4) is 0 Å². The number of sulfonamides is 1. The third kappa shape index (κ3) is 4.60. The smallest absolute Gasteiger partial charge is 0.264 e. The number of aromatic nitrogens is 1. The van der Waals surface area contributed by atoms with Crippen molar-refractivity contribution in [3.63, 3.8) is 0 Å². The average Bonchev–Trinajstić information content (AvgIpc) is 2.69. The molecule has 0 amide bonds. The molecule has 0 saturated heterocycles. The summed E-state index contributed by atoms with van der Waals surface area (Å²) in [5, 5.41) is 0. The lowest BCUT2D eigenvalue weighted by molar-refractivity contribution is 0.590. The summed E-state index contributed by atoms with van der Waals surface area (Å²) in [6.07, 6.45) is 2.27. The standard InChI is InChI=1S/C23H26N2O2S/c1-18(2)20-9-11-22(12-10-20)25(17-15-21-6-4-5-16-24-21)28(26,27)23-13-7-19(3)8-14-23/h4-14,16,18H,15,17H2,1-3H3. The zero-order valence-electron chi connectivity index (χ0n) is 16.5. The van der Waals surface area contributed by atoms with E-state index in [2.05, 4.69) is 18.8 Å². The van der Waals surface area contributed by atoms with Crippen molar-refractivity contribution in [2.45, 2.75) is 38.0 Å². The molecule has 1 aromatic heterocycles. The SMILES string of the molecule is Cc1ccc(S(=O)(=O)N(CCc2ccccn2)c2ccc(C(C)C)cc2)cc1. The van der Waals surface area contributed by atoms with Crippen LogP contribution in [-0.2, 0) is 16.4 Å². The van der Waals surface area contributed by atoms with Crippen LogP contribution in [0.1, 0.15) is 36.6 Å². The van der Waals surface area contributed by atoms with Gasteiger partial charge in [0.15, 0.2) is 0 Å². The van der Waals surface area contributed by atoms with E-state index in [1.54, 1.807) is 18.3 Å².